The van der Waals surface area contributed by atoms with Crippen LogP contribution < -0.4 is 10.6 Å². The van der Waals surface area contributed by atoms with Crippen LogP contribution in [0.5, 0.6) is 0 Å². The van der Waals surface area contributed by atoms with E-state index in [0.29, 0.717) is 4.90 Å². The Kier molecular flexibility index (Phi) is 6.32. The molecule has 2 N–H and O–H groups in total. The van der Waals surface area contributed by atoms with Crippen molar-refractivity contribution in [3.05, 3.63) is 29.8 Å². The molecular formula is C13H22N2O2S. The van der Waals surface area contributed by atoms with Crippen LogP contribution in [0.1, 0.15) is 18.4 Å². The van der Waals surface area contributed by atoms with E-state index in [0.717, 1.165) is 38.0 Å². The second-order valence-electron chi connectivity index (χ2n) is 4.40. The van der Waals surface area contributed by atoms with Crippen molar-refractivity contribution in [3.63, 3.8) is 0 Å². The van der Waals surface area contributed by atoms with E-state index in [4.69, 9.17) is 0 Å². The topological polar surface area (TPSA) is 58.2 Å². The summed E-state index contributed by atoms with van der Waals surface area (Å²) in [5.41, 5.74) is 1.11. The quantitative estimate of drug-likeness (QED) is 0.697. The lowest BCUT2D eigenvalue weighted by Gasteiger charge is -2.05. The fourth-order valence-corrected chi connectivity index (χ4v) is 2.27. The van der Waals surface area contributed by atoms with E-state index in [1.807, 2.05) is 19.2 Å². The lowest BCUT2D eigenvalue weighted by atomic mass is 10.2. The van der Waals surface area contributed by atoms with Crippen molar-refractivity contribution in [2.45, 2.75) is 24.3 Å². The maximum Gasteiger partial charge on any atom is 0.175 e. The number of benzene rings is 1. The molecule has 0 spiro atoms. The highest BCUT2D eigenvalue weighted by Gasteiger charge is 2.05. The Bertz CT molecular complexity index is 441. The molecule has 0 aliphatic rings. The van der Waals surface area contributed by atoms with Gasteiger partial charge in [-0.2, -0.15) is 0 Å². The molecule has 0 aliphatic carbocycles. The van der Waals surface area contributed by atoms with Crippen LogP contribution in [0.2, 0.25) is 0 Å². The molecule has 0 aromatic heterocycles. The van der Waals surface area contributed by atoms with Gasteiger partial charge in [0.25, 0.3) is 0 Å². The SMILES string of the molecule is CNCCCCNCc1ccc(S(C)(=O)=O)cc1. The van der Waals surface area contributed by atoms with Gasteiger partial charge >= 0.3 is 0 Å². The summed E-state index contributed by atoms with van der Waals surface area (Å²) in [6.07, 6.45) is 3.53. The average molecular weight is 270 g/mol. The minimum absolute atomic E-state index is 0.375. The molecular weight excluding hydrogens is 248 g/mol. The molecule has 0 saturated heterocycles. The Morgan fingerprint density at radius 3 is 2.22 bits per heavy atom. The van der Waals surface area contributed by atoms with E-state index >= 15 is 0 Å². The molecule has 0 aliphatic heterocycles. The molecule has 1 aromatic carbocycles. The third-order valence-electron chi connectivity index (χ3n) is 2.71. The van der Waals surface area contributed by atoms with Gasteiger partial charge in [0.2, 0.25) is 0 Å². The van der Waals surface area contributed by atoms with Crippen LogP contribution in [0.3, 0.4) is 0 Å². The van der Waals surface area contributed by atoms with Crippen LogP contribution in [0.15, 0.2) is 29.2 Å². The van der Waals surface area contributed by atoms with Gasteiger partial charge in [-0.15, -0.1) is 0 Å². The van der Waals surface area contributed by atoms with Crippen LogP contribution >= 0.6 is 0 Å². The Morgan fingerprint density at radius 1 is 1.06 bits per heavy atom. The number of unbranched alkanes of at least 4 members (excludes halogenated alkanes) is 1. The van der Waals surface area contributed by atoms with E-state index < -0.39 is 9.84 Å². The highest BCUT2D eigenvalue weighted by Crippen LogP contribution is 2.10. The number of nitrogens with one attached hydrogen (secondary N) is 2. The Balaban J connectivity index is 2.32. The van der Waals surface area contributed by atoms with Crippen LogP contribution in [0.4, 0.5) is 0 Å². The molecule has 18 heavy (non-hydrogen) atoms. The van der Waals surface area contributed by atoms with Crippen molar-refractivity contribution in [2.75, 3.05) is 26.4 Å². The standard InChI is InChI=1S/C13H22N2O2S/c1-14-9-3-4-10-15-11-12-5-7-13(8-6-12)18(2,16)17/h5-8,14-15H,3-4,9-11H2,1-2H3. The van der Waals surface area contributed by atoms with Crippen molar-refractivity contribution < 1.29 is 8.42 Å². The molecule has 1 aromatic rings. The van der Waals surface area contributed by atoms with Crippen molar-refractivity contribution in [2.24, 2.45) is 0 Å². The third-order valence-corrected chi connectivity index (χ3v) is 3.84. The smallest absolute Gasteiger partial charge is 0.175 e. The third kappa shape index (κ3) is 5.62. The van der Waals surface area contributed by atoms with E-state index in [1.54, 1.807) is 12.1 Å². The number of sulfone groups is 1. The van der Waals surface area contributed by atoms with Gasteiger partial charge in [-0.05, 0) is 50.7 Å². The van der Waals surface area contributed by atoms with Crippen molar-refractivity contribution in [3.8, 4) is 0 Å². The van der Waals surface area contributed by atoms with E-state index in [1.165, 1.54) is 6.26 Å². The molecule has 0 radical (unpaired) electrons. The fraction of sp³-hybridized carbons (Fsp3) is 0.538. The summed E-state index contributed by atoms with van der Waals surface area (Å²) in [6, 6.07) is 7.04. The second-order valence-corrected chi connectivity index (χ2v) is 6.42. The molecule has 102 valence electrons. The van der Waals surface area contributed by atoms with E-state index in [-0.39, 0.29) is 0 Å². The zero-order chi connectivity index (χ0) is 13.4. The molecule has 5 heteroatoms. The van der Waals surface area contributed by atoms with Gasteiger partial charge in [0.1, 0.15) is 0 Å². The van der Waals surface area contributed by atoms with Gasteiger partial charge in [0.15, 0.2) is 9.84 Å². The van der Waals surface area contributed by atoms with Crippen LogP contribution in [0.25, 0.3) is 0 Å². The lowest BCUT2D eigenvalue weighted by molar-refractivity contribution is 0.600. The Labute approximate surface area is 110 Å². The highest BCUT2D eigenvalue weighted by molar-refractivity contribution is 7.90. The molecule has 0 fully saturated rings. The first-order valence-electron chi connectivity index (χ1n) is 6.18. The van der Waals surface area contributed by atoms with E-state index in [2.05, 4.69) is 10.6 Å². The van der Waals surface area contributed by atoms with Gasteiger partial charge in [0, 0.05) is 12.8 Å². The minimum atomic E-state index is -3.08. The predicted octanol–water partition coefficient (Wildman–Crippen LogP) is 1.18. The molecule has 0 unspecified atom stereocenters. The normalized spacial score (nSPS) is 11.7. The maximum absolute atomic E-state index is 11.3. The Hall–Kier alpha value is -0.910. The first-order chi connectivity index (χ1) is 8.54. The molecule has 1 rings (SSSR count). The summed E-state index contributed by atoms with van der Waals surface area (Å²) in [4.78, 5) is 0.375. The summed E-state index contributed by atoms with van der Waals surface area (Å²) < 4.78 is 22.6. The van der Waals surface area contributed by atoms with Gasteiger partial charge in [-0.3, -0.25) is 0 Å². The largest absolute Gasteiger partial charge is 0.320 e. The summed E-state index contributed by atoms with van der Waals surface area (Å²) in [6.45, 7) is 2.81. The lowest BCUT2D eigenvalue weighted by Crippen LogP contribution is -2.16. The second kappa shape index (κ2) is 7.51. The molecule has 4 nitrogen and oxygen atoms in total. The first-order valence-corrected chi connectivity index (χ1v) is 8.07. The Morgan fingerprint density at radius 2 is 1.67 bits per heavy atom. The van der Waals surface area contributed by atoms with Gasteiger partial charge in [-0.1, -0.05) is 12.1 Å². The predicted molar refractivity (Wildman–Crippen MR) is 74.4 cm³/mol. The highest BCUT2D eigenvalue weighted by atomic mass is 32.2. The van der Waals surface area contributed by atoms with Gasteiger partial charge in [-0.25, -0.2) is 8.42 Å². The molecule has 0 atom stereocenters. The summed E-state index contributed by atoms with van der Waals surface area (Å²) in [5.74, 6) is 0. The maximum atomic E-state index is 11.3. The summed E-state index contributed by atoms with van der Waals surface area (Å²) in [5, 5.41) is 6.45. The zero-order valence-electron chi connectivity index (χ0n) is 11.1. The van der Waals surface area contributed by atoms with Crippen LogP contribution in [0, 0.1) is 0 Å². The van der Waals surface area contributed by atoms with Crippen LogP contribution in [-0.2, 0) is 16.4 Å². The summed E-state index contributed by atoms with van der Waals surface area (Å²) in [7, 11) is -1.13. The fourth-order valence-electron chi connectivity index (χ4n) is 1.64. The molecule has 0 amide bonds. The number of hydrogen-bond acceptors (Lipinski definition) is 4. The molecule has 0 saturated carbocycles. The van der Waals surface area contributed by atoms with Crippen LogP contribution in [-0.4, -0.2) is 34.8 Å². The number of hydrogen-bond donors (Lipinski definition) is 2. The molecule has 0 heterocycles. The molecule has 0 bridgehead atoms. The summed E-state index contributed by atoms with van der Waals surface area (Å²) >= 11 is 0. The number of rotatable bonds is 8. The van der Waals surface area contributed by atoms with E-state index in [9.17, 15) is 8.42 Å². The monoisotopic (exact) mass is 270 g/mol. The first kappa shape index (κ1) is 15.1. The van der Waals surface area contributed by atoms with Crippen molar-refractivity contribution >= 4 is 9.84 Å². The average Bonchev–Trinajstić information content (AvgIpc) is 2.33. The van der Waals surface area contributed by atoms with Gasteiger partial charge in [0.05, 0.1) is 4.90 Å². The van der Waals surface area contributed by atoms with Gasteiger partial charge < -0.3 is 10.6 Å². The minimum Gasteiger partial charge on any atom is -0.320 e. The van der Waals surface area contributed by atoms with Crippen molar-refractivity contribution in [1.82, 2.24) is 10.6 Å². The zero-order valence-corrected chi connectivity index (χ0v) is 11.9. The van der Waals surface area contributed by atoms with Crippen molar-refractivity contribution in [1.29, 1.82) is 0 Å².